The van der Waals surface area contributed by atoms with Crippen LogP contribution in [0.2, 0.25) is 0 Å². The Hall–Kier alpha value is -1.55. The predicted octanol–water partition coefficient (Wildman–Crippen LogP) is 2.40. The van der Waals surface area contributed by atoms with Crippen LogP contribution in [0.5, 0.6) is 5.75 Å². The normalized spacial score (nSPS) is 11.9. The average molecular weight is 250 g/mol. The molecule has 0 saturated carbocycles. The van der Waals surface area contributed by atoms with Gasteiger partial charge in [-0.1, -0.05) is 32.4 Å². The Labute approximate surface area is 109 Å². The summed E-state index contributed by atoms with van der Waals surface area (Å²) in [7, 11) is 0. The second-order valence-corrected chi connectivity index (χ2v) is 4.31. The first kappa shape index (κ1) is 14.5. The summed E-state index contributed by atoms with van der Waals surface area (Å²) < 4.78 is 5.49. The van der Waals surface area contributed by atoms with Gasteiger partial charge < -0.3 is 15.8 Å². The van der Waals surface area contributed by atoms with Crippen molar-refractivity contribution in [3.05, 3.63) is 24.3 Å². The zero-order valence-electron chi connectivity index (χ0n) is 11.1. The maximum absolute atomic E-state index is 11.9. The Bertz CT molecular complexity index is 380. The molecule has 100 valence electrons. The van der Waals surface area contributed by atoms with Crippen molar-refractivity contribution in [2.45, 2.75) is 26.7 Å². The Morgan fingerprint density at radius 3 is 2.83 bits per heavy atom. The lowest BCUT2D eigenvalue weighted by Crippen LogP contribution is -2.21. The quantitative estimate of drug-likeness (QED) is 0.781. The van der Waals surface area contributed by atoms with Crippen LogP contribution in [0, 0.1) is 5.92 Å². The van der Waals surface area contributed by atoms with Gasteiger partial charge in [0.1, 0.15) is 12.4 Å². The van der Waals surface area contributed by atoms with E-state index in [1.807, 2.05) is 31.2 Å². The van der Waals surface area contributed by atoms with Gasteiger partial charge in [0.25, 0.3) is 0 Å². The summed E-state index contributed by atoms with van der Waals surface area (Å²) in [5.41, 5.74) is 6.11. The highest BCUT2D eigenvalue weighted by Gasteiger charge is 2.13. The minimum Gasteiger partial charge on any atom is -0.490 e. The molecular weight excluding hydrogens is 228 g/mol. The van der Waals surface area contributed by atoms with Crippen LogP contribution in [0.15, 0.2) is 24.3 Å². The van der Waals surface area contributed by atoms with Gasteiger partial charge in [-0.15, -0.1) is 0 Å². The van der Waals surface area contributed by atoms with Gasteiger partial charge in [-0.2, -0.15) is 0 Å². The minimum absolute atomic E-state index is 0.0116. The minimum atomic E-state index is 0.0116. The van der Waals surface area contributed by atoms with Crippen LogP contribution in [0.1, 0.15) is 26.7 Å². The molecule has 4 heteroatoms. The number of para-hydroxylation sites is 2. The summed E-state index contributed by atoms with van der Waals surface area (Å²) in [6.07, 6.45) is 1.89. The third-order valence-corrected chi connectivity index (χ3v) is 2.69. The van der Waals surface area contributed by atoms with E-state index in [0.29, 0.717) is 24.6 Å². The zero-order valence-corrected chi connectivity index (χ0v) is 11.1. The molecule has 0 aliphatic rings. The smallest absolute Gasteiger partial charge is 0.227 e. The Kier molecular flexibility index (Phi) is 6.22. The number of rotatable bonds is 7. The third kappa shape index (κ3) is 4.37. The molecular formula is C14H22N2O2. The van der Waals surface area contributed by atoms with Crippen molar-refractivity contribution in [2.24, 2.45) is 11.7 Å². The van der Waals surface area contributed by atoms with E-state index in [-0.39, 0.29) is 11.8 Å². The molecule has 1 amide bonds. The summed E-state index contributed by atoms with van der Waals surface area (Å²) >= 11 is 0. The average Bonchev–Trinajstić information content (AvgIpc) is 2.38. The van der Waals surface area contributed by atoms with Crippen LogP contribution in [-0.4, -0.2) is 19.1 Å². The largest absolute Gasteiger partial charge is 0.490 e. The Morgan fingerprint density at radius 1 is 1.44 bits per heavy atom. The lowest BCUT2D eigenvalue weighted by Gasteiger charge is -2.14. The van der Waals surface area contributed by atoms with Crippen molar-refractivity contribution < 1.29 is 9.53 Å². The number of hydrogen-bond donors (Lipinski definition) is 2. The van der Waals surface area contributed by atoms with Crippen LogP contribution in [0.4, 0.5) is 5.69 Å². The topological polar surface area (TPSA) is 64.3 Å². The number of nitrogens with two attached hydrogens (primary N) is 1. The van der Waals surface area contributed by atoms with Crippen molar-refractivity contribution in [2.75, 3.05) is 18.5 Å². The first-order valence-electron chi connectivity index (χ1n) is 6.41. The van der Waals surface area contributed by atoms with Crippen molar-refractivity contribution >= 4 is 11.6 Å². The maximum Gasteiger partial charge on any atom is 0.227 e. The predicted molar refractivity (Wildman–Crippen MR) is 73.7 cm³/mol. The molecule has 1 unspecified atom stereocenters. The van der Waals surface area contributed by atoms with Crippen LogP contribution in [0.25, 0.3) is 0 Å². The van der Waals surface area contributed by atoms with E-state index in [0.717, 1.165) is 12.8 Å². The molecule has 0 radical (unpaired) electrons. The molecule has 0 fully saturated rings. The molecule has 1 aromatic carbocycles. The molecule has 1 aromatic rings. The summed E-state index contributed by atoms with van der Waals surface area (Å²) in [6, 6.07) is 7.41. The summed E-state index contributed by atoms with van der Waals surface area (Å²) in [5.74, 6) is 0.707. The van der Waals surface area contributed by atoms with Crippen molar-refractivity contribution in [3.63, 3.8) is 0 Å². The first-order chi connectivity index (χ1) is 8.69. The molecule has 4 nitrogen and oxygen atoms in total. The van der Waals surface area contributed by atoms with E-state index in [4.69, 9.17) is 10.5 Å². The van der Waals surface area contributed by atoms with Crippen molar-refractivity contribution in [1.82, 2.24) is 0 Å². The van der Waals surface area contributed by atoms with Crippen LogP contribution < -0.4 is 15.8 Å². The van der Waals surface area contributed by atoms with E-state index in [2.05, 4.69) is 12.2 Å². The lowest BCUT2D eigenvalue weighted by molar-refractivity contribution is -0.119. The molecule has 0 aliphatic carbocycles. The molecule has 1 atom stereocenters. The van der Waals surface area contributed by atoms with Crippen LogP contribution in [-0.2, 0) is 4.79 Å². The lowest BCUT2D eigenvalue weighted by atomic mass is 10.1. The van der Waals surface area contributed by atoms with Crippen LogP contribution >= 0.6 is 0 Å². The van der Waals surface area contributed by atoms with Gasteiger partial charge >= 0.3 is 0 Å². The maximum atomic E-state index is 11.9. The first-order valence-corrected chi connectivity index (χ1v) is 6.41. The van der Waals surface area contributed by atoms with E-state index >= 15 is 0 Å². The highest BCUT2D eigenvalue weighted by atomic mass is 16.5. The van der Waals surface area contributed by atoms with E-state index in [9.17, 15) is 4.79 Å². The summed E-state index contributed by atoms with van der Waals surface area (Å²) in [6.45, 7) is 4.90. The summed E-state index contributed by atoms with van der Waals surface area (Å²) in [4.78, 5) is 11.9. The Morgan fingerprint density at radius 2 is 2.17 bits per heavy atom. The number of nitrogens with one attached hydrogen (secondary N) is 1. The van der Waals surface area contributed by atoms with E-state index in [1.54, 1.807) is 0 Å². The Balaban J connectivity index is 2.68. The fourth-order valence-corrected chi connectivity index (χ4v) is 1.68. The zero-order chi connectivity index (χ0) is 13.4. The molecule has 18 heavy (non-hydrogen) atoms. The van der Waals surface area contributed by atoms with E-state index in [1.165, 1.54) is 0 Å². The SMILES string of the molecule is CCCC(C)C(=O)Nc1ccccc1OCCN. The number of hydrogen-bond acceptors (Lipinski definition) is 3. The molecule has 1 rings (SSSR count). The van der Waals surface area contributed by atoms with Crippen molar-refractivity contribution in [3.8, 4) is 5.75 Å². The van der Waals surface area contributed by atoms with Gasteiger partial charge in [-0.25, -0.2) is 0 Å². The highest BCUT2D eigenvalue weighted by molar-refractivity contribution is 5.93. The van der Waals surface area contributed by atoms with Gasteiger partial charge in [-0.3, -0.25) is 4.79 Å². The second-order valence-electron chi connectivity index (χ2n) is 4.31. The molecule has 0 spiro atoms. The number of amides is 1. The standard InChI is InChI=1S/C14H22N2O2/c1-3-6-11(2)14(17)16-12-7-4-5-8-13(12)18-10-9-15/h4-5,7-8,11H,3,6,9-10,15H2,1-2H3,(H,16,17). The molecule has 0 saturated heterocycles. The summed E-state index contributed by atoms with van der Waals surface area (Å²) in [5, 5.41) is 2.90. The fraction of sp³-hybridized carbons (Fsp3) is 0.500. The van der Waals surface area contributed by atoms with E-state index < -0.39 is 0 Å². The third-order valence-electron chi connectivity index (χ3n) is 2.69. The highest BCUT2D eigenvalue weighted by Crippen LogP contribution is 2.24. The second kappa shape index (κ2) is 7.71. The number of ether oxygens (including phenoxy) is 1. The van der Waals surface area contributed by atoms with Crippen LogP contribution in [0.3, 0.4) is 0 Å². The monoisotopic (exact) mass is 250 g/mol. The number of carbonyl (C=O) groups is 1. The number of benzene rings is 1. The number of carbonyl (C=O) groups excluding carboxylic acids is 1. The fourth-order valence-electron chi connectivity index (χ4n) is 1.68. The molecule has 0 bridgehead atoms. The van der Waals surface area contributed by atoms with Gasteiger partial charge in [0.2, 0.25) is 5.91 Å². The van der Waals surface area contributed by atoms with Gasteiger partial charge in [0.05, 0.1) is 5.69 Å². The van der Waals surface area contributed by atoms with Gasteiger partial charge in [0, 0.05) is 12.5 Å². The molecule has 0 aliphatic heterocycles. The van der Waals surface area contributed by atoms with Gasteiger partial charge in [0.15, 0.2) is 0 Å². The molecule has 0 aromatic heterocycles. The molecule has 3 N–H and O–H groups in total. The van der Waals surface area contributed by atoms with Crippen molar-refractivity contribution in [1.29, 1.82) is 0 Å². The molecule has 0 heterocycles. The van der Waals surface area contributed by atoms with Gasteiger partial charge in [-0.05, 0) is 18.6 Å². The number of anilines is 1.